The van der Waals surface area contributed by atoms with Crippen LogP contribution in [0.5, 0.6) is 0 Å². The fourth-order valence-electron chi connectivity index (χ4n) is 0.164. The molecule has 0 aromatic carbocycles. The predicted molar refractivity (Wildman–Crippen MR) is 52.2 cm³/mol. The van der Waals surface area contributed by atoms with Gasteiger partial charge < -0.3 is 0 Å². The van der Waals surface area contributed by atoms with Crippen molar-refractivity contribution in [3.05, 3.63) is 10.6 Å². The van der Waals surface area contributed by atoms with Crippen LogP contribution in [-0.4, -0.2) is 2.14 Å². The van der Waals surface area contributed by atoms with Gasteiger partial charge in [0.2, 0.25) is 0 Å². The Morgan fingerprint density at radius 3 is 1.75 bits per heavy atom. The lowest BCUT2D eigenvalue weighted by Gasteiger charge is -2.08. The summed E-state index contributed by atoms with van der Waals surface area (Å²) >= 11 is 13.3. The van der Waals surface area contributed by atoms with Gasteiger partial charge in [-0.15, -0.1) is 0 Å². The second-order valence-corrected chi connectivity index (χ2v) is 8.75. The van der Waals surface area contributed by atoms with Crippen LogP contribution in [0.15, 0.2) is 10.6 Å². The van der Waals surface area contributed by atoms with Crippen LogP contribution in [-0.2, 0) is 0 Å². The van der Waals surface area contributed by atoms with Crippen LogP contribution in [0.25, 0.3) is 0 Å². The fourth-order valence-corrected chi connectivity index (χ4v) is 0.850. The standard InChI is InChI=1S/C4H4Br4/c1-2-3(5)4(6,7)8/h2H,1H3. The van der Waals surface area contributed by atoms with Crippen molar-refractivity contribution >= 4 is 63.7 Å². The molecular weight excluding hydrogens is 368 g/mol. The maximum absolute atomic E-state index is 3.32. The molecular formula is C4H4Br4. The summed E-state index contributed by atoms with van der Waals surface area (Å²) in [5.41, 5.74) is 0. The van der Waals surface area contributed by atoms with Crippen LogP contribution in [0.4, 0.5) is 0 Å². The molecule has 0 aromatic heterocycles. The van der Waals surface area contributed by atoms with Gasteiger partial charge in [-0.2, -0.15) is 0 Å². The minimum Gasteiger partial charge on any atom is -0.0743 e. The average molecular weight is 372 g/mol. The molecule has 8 heavy (non-hydrogen) atoms. The number of hydrogen-bond acceptors (Lipinski definition) is 0. The van der Waals surface area contributed by atoms with Gasteiger partial charge in [0.15, 0.2) is 2.14 Å². The molecule has 0 unspecified atom stereocenters. The van der Waals surface area contributed by atoms with E-state index in [1.54, 1.807) is 0 Å². The summed E-state index contributed by atoms with van der Waals surface area (Å²) in [5.74, 6) is 0. The second kappa shape index (κ2) is 3.74. The van der Waals surface area contributed by atoms with E-state index in [4.69, 9.17) is 0 Å². The van der Waals surface area contributed by atoms with E-state index in [-0.39, 0.29) is 2.14 Å². The molecule has 4 heteroatoms. The number of rotatable bonds is 0. The Balaban J connectivity index is 4.03. The largest absolute Gasteiger partial charge is 0.165 e. The smallest absolute Gasteiger partial charge is 0.0743 e. The highest BCUT2D eigenvalue weighted by Crippen LogP contribution is 2.43. The van der Waals surface area contributed by atoms with Crippen LogP contribution in [0.1, 0.15) is 6.92 Å². The zero-order valence-electron chi connectivity index (χ0n) is 4.09. The topological polar surface area (TPSA) is 0 Å². The summed E-state index contributed by atoms with van der Waals surface area (Å²) in [5, 5.41) is 0. The SMILES string of the molecule is CC=C(Br)C(Br)(Br)Br. The molecule has 0 rings (SSSR count). The Bertz CT molecular complexity index is 99.1. The van der Waals surface area contributed by atoms with E-state index in [1.807, 2.05) is 13.0 Å². The number of allylic oxidation sites excluding steroid dienone is 2. The van der Waals surface area contributed by atoms with Gasteiger partial charge in [-0.1, -0.05) is 69.8 Å². The zero-order chi connectivity index (χ0) is 6.78. The first kappa shape index (κ1) is 9.66. The predicted octanol–water partition coefficient (Wildman–Crippen LogP) is 4.12. The molecule has 0 atom stereocenters. The van der Waals surface area contributed by atoms with Crippen molar-refractivity contribution < 1.29 is 0 Å². The monoisotopic (exact) mass is 368 g/mol. The van der Waals surface area contributed by atoms with E-state index >= 15 is 0 Å². The minimum absolute atomic E-state index is 0.276. The van der Waals surface area contributed by atoms with Crippen molar-refractivity contribution in [1.82, 2.24) is 0 Å². The summed E-state index contributed by atoms with van der Waals surface area (Å²) in [6.07, 6.45) is 1.94. The van der Waals surface area contributed by atoms with E-state index in [0.29, 0.717) is 0 Å². The van der Waals surface area contributed by atoms with Crippen LogP contribution < -0.4 is 0 Å². The summed E-state index contributed by atoms with van der Waals surface area (Å²) in [6, 6.07) is 0. The lowest BCUT2D eigenvalue weighted by molar-refractivity contribution is 1.55. The average Bonchev–Trinajstić information content (AvgIpc) is 1.62. The first-order valence-corrected chi connectivity index (χ1v) is 5.04. The third kappa shape index (κ3) is 3.64. The van der Waals surface area contributed by atoms with Gasteiger partial charge in [-0.25, -0.2) is 0 Å². The van der Waals surface area contributed by atoms with Crippen molar-refractivity contribution in [3.8, 4) is 0 Å². The Kier molecular flexibility index (Phi) is 4.51. The van der Waals surface area contributed by atoms with E-state index in [0.717, 1.165) is 4.48 Å². The first-order valence-electron chi connectivity index (χ1n) is 1.87. The molecule has 0 heterocycles. The lowest BCUT2D eigenvalue weighted by Crippen LogP contribution is -1.96. The fraction of sp³-hybridized carbons (Fsp3) is 0.500. The molecule has 0 aliphatic heterocycles. The van der Waals surface area contributed by atoms with Crippen molar-refractivity contribution in [2.45, 2.75) is 9.07 Å². The number of alkyl halides is 3. The Morgan fingerprint density at radius 2 is 1.75 bits per heavy atom. The normalized spacial score (nSPS) is 14.4. The van der Waals surface area contributed by atoms with Gasteiger partial charge >= 0.3 is 0 Å². The molecule has 0 aliphatic carbocycles. The van der Waals surface area contributed by atoms with Gasteiger partial charge in [0.25, 0.3) is 0 Å². The highest BCUT2D eigenvalue weighted by atomic mass is 80.0. The maximum Gasteiger partial charge on any atom is 0.165 e. The highest BCUT2D eigenvalue weighted by molar-refractivity contribution is 9.40. The second-order valence-electron chi connectivity index (χ2n) is 1.13. The van der Waals surface area contributed by atoms with Crippen molar-refractivity contribution in [1.29, 1.82) is 0 Å². The first-order chi connectivity index (χ1) is 3.48. The number of hydrogen-bond donors (Lipinski definition) is 0. The molecule has 0 saturated heterocycles. The molecule has 0 fully saturated rings. The highest BCUT2D eigenvalue weighted by Gasteiger charge is 2.20. The zero-order valence-corrected chi connectivity index (χ0v) is 10.4. The van der Waals surface area contributed by atoms with Gasteiger partial charge in [-0.3, -0.25) is 0 Å². The van der Waals surface area contributed by atoms with Crippen molar-refractivity contribution in [2.24, 2.45) is 0 Å². The summed E-state index contributed by atoms with van der Waals surface area (Å²) in [6.45, 7) is 1.95. The van der Waals surface area contributed by atoms with Crippen molar-refractivity contribution in [3.63, 3.8) is 0 Å². The van der Waals surface area contributed by atoms with E-state index in [9.17, 15) is 0 Å². The molecule has 0 saturated carbocycles. The van der Waals surface area contributed by atoms with Crippen LogP contribution >= 0.6 is 63.7 Å². The third-order valence-electron chi connectivity index (χ3n) is 0.524. The maximum atomic E-state index is 3.32. The molecule has 0 aromatic rings. The third-order valence-corrected chi connectivity index (χ3v) is 4.45. The van der Waals surface area contributed by atoms with E-state index < -0.39 is 0 Å². The Hall–Kier alpha value is 1.66. The molecule has 0 nitrogen and oxygen atoms in total. The quantitative estimate of drug-likeness (QED) is 0.562. The van der Waals surface area contributed by atoms with Crippen molar-refractivity contribution in [2.75, 3.05) is 0 Å². The Labute approximate surface area is 82.6 Å². The molecule has 0 radical (unpaired) electrons. The molecule has 48 valence electrons. The van der Waals surface area contributed by atoms with Crippen LogP contribution in [0.3, 0.4) is 0 Å². The summed E-state index contributed by atoms with van der Waals surface area (Å²) < 4.78 is 0.742. The van der Waals surface area contributed by atoms with Gasteiger partial charge in [0, 0.05) is 4.48 Å². The van der Waals surface area contributed by atoms with Gasteiger partial charge in [-0.05, 0) is 6.92 Å². The van der Waals surface area contributed by atoms with Gasteiger partial charge in [0.1, 0.15) is 0 Å². The van der Waals surface area contributed by atoms with Crippen LogP contribution in [0, 0.1) is 0 Å². The molecule has 0 bridgehead atoms. The number of halogens is 4. The van der Waals surface area contributed by atoms with Gasteiger partial charge in [0.05, 0.1) is 0 Å². The lowest BCUT2D eigenvalue weighted by atomic mass is 10.6. The molecule has 0 spiro atoms. The van der Waals surface area contributed by atoms with E-state index in [1.165, 1.54) is 0 Å². The molecule has 0 N–H and O–H groups in total. The van der Waals surface area contributed by atoms with Crippen LogP contribution in [0.2, 0.25) is 0 Å². The summed E-state index contributed by atoms with van der Waals surface area (Å²) in [4.78, 5) is 0. The minimum atomic E-state index is -0.276. The molecule has 0 amide bonds. The molecule has 0 aliphatic rings. The summed E-state index contributed by atoms with van der Waals surface area (Å²) in [7, 11) is 0. The Morgan fingerprint density at radius 1 is 1.38 bits per heavy atom. The van der Waals surface area contributed by atoms with E-state index in [2.05, 4.69) is 63.7 Å².